The van der Waals surface area contributed by atoms with Crippen LogP contribution in [0, 0.1) is 0 Å². The molecule has 1 aliphatic rings. The van der Waals surface area contributed by atoms with E-state index in [0.717, 1.165) is 29.4 Å². The molecule has 1 saturated heterocycles. The Kier molecular flexibility index (Phi) is 8.04. The molecule has 1 amide bonds. The maximum absolute atomic E-state index is 12.5. The summed E-state index contributed by atoms with van der Waals surface area (Å²) in [5.74, 6) is 3.15. The van der Waals surface area contributed by atoms with E-state index in [1.807, 2.05) is 57.9 Å². The molecular formula is C17H29NO3S2. The van der Waals surface area contributed by atoms with E-state index in [1.165, 1.54) is 0 Å². The largest absolute Gasteiger partial charge is 0.443 e. The van der Waals surface area contributed by atoms with Crippen molar-refractivity contribution in [1.82, 2.24) is 4.90 Å². The van der Waals surface area contributed by atoms with E-state index in [9.17, 15) is 4.79 Å². The van der Waals surface area contributed by atoms with Crippen molar-refractivity contribution in [1.29, 1.82) is 0 Å². The Morgan fingerprint density at radius 3 is 2.74 bits per heavy atom. The van der Waals surface area contributed by atoms with Gasteiger partial charge in [0.25, 0.3) is 0 Å². The molecule has 1 rings (SSSR count). The summed E-state index contributed by atoms with van der Waals surface area (Å²) in [6, 6.07) is 0. The van der Waals surface area contributed by atoms with Gasteiger partial charge in [0, 0.05) is 5.75 Å². The third kappa shape index (κ3) is 7.23. The van der Waals surface area contributed by atoms with Gasteiger partial charge in [-0.1, -0.05) is 6.08 Å². The highest BCUT2D eigenvalue weighted by Crippen LogP contribution is 2.33. The van der Waals surface area contributed by atoms with E-state index >= 15 is 0 Å². The first kappa shape index (κ1) is 20.5. The molecule has 0 N–H and O–H groups in total. The van der Waals surface area contributed by atoms with Crippen molar-refractivity contribution in [3.63, 3.8) is 0 Å². The van der Waals surface area contributed by atoms with Gasteiger partial charge in [-0.05, 0) is 58.0 Å². The molecule has 0 spiro atoms. The van der Waals surface area contributed by atoms with Crippen LogP contribution in [0.5, 0.6) is 0 Å². The van der Waals surface area contributed by atoms with Crippen molar-refractivity contribution in [2.45, 2.75) is 52.4 Å². The Morgan fingerprint density at radius 1 is 1.43 bits per heavy atom. The van der Waals surface area contributed by atoms with Crippen LogP contribution < -0.4 is 0 Å². The Hall–Kier alpha value is -0.590. The topological polar surface area (TPSA) is 38.8 Å². The standard InChI is InChI=1S/C17H29NO3S2/c1-7-9-22-10-8-11-23-13-14-12-20-17(5,6)18(14)15(19)21-16(2,3)4/h7,13H,1,8-12H2,2-6H3/b14-13+. The molecule has 0 aromatic carbocycles. The molecular weight excluding hydrogens is 330 g/mol. The molecule has 23 heavy (non-hydrogen) atoms. The zero-order chi connectivity index (χ0) is 17.5. The van der Waals surface area contributed by atoms with Gasteiger partial charge < -0.3 is 9.47 Å². The molecule has 0 unspecified atom stereocenters. The molecule has 0 aromatic heterocycles. The quantitative estimate of drug-likeness (QED) is 0.479. The molecule has 132 valence electrons. The number of ether oxygens (including phenoxy) is 2. The SMILES string of the molecule is C=CCSCCCS/C=C1\COC(C)(C)N1C(=O)OC(C)(C)C. The second-order valence-corrected chi connectivity index (χ2v) is 8.88. The van der Waals surface area contributed by atoms with Crippen molar-refractivity contribution in [2.75, 3.05) is 23.9 Å². The Labute approximate surface area is 149 Å². The van der Waals surface area contributed by atoms with E-state index < -0.39 is 11.3 Å². The van der Waals surface area contributed by atoms with E-state index in [0.29, 0.717) is 6.61 Å². The van der Waals surface area contributed by atoms with Crippen LogP contribution in [-0.4, -0.2) is 46.2 Å². The van der Waals surface area contributed by atoms with Gasteiger partial charge in [0.2, 0.25) is 0 Å². The summed E-state index contributed by atoms with van der Waals surface area (Å²) in [6.45, 7) is 13.5. The van der Waals surface area contributed by atoms with Crippen molar-refractivity contribution in [3.8, 4) is 0 Å². The lowest BCUT2D eigenvalue weighted by Crippen LogP contribution is -2.45. The molecule has 1 heterocycles. The summed E-state index contributed by atoms with van der Waals surface area (Å²) in [6.07, 6.45) is 2.70. The van der Waals surface area contributed by atoms with Gasteiger partial charge in [-0.25, -0.2) is 9.69 Å². The molecule has 0 bridgehead atoms. The number of hydrogen-bond acceptors (Lipinski definition) is 5. The van der Waals surface area contributed by atoms with Gasteiger partial charge in [-0.3, -0.25) is 0 Å². The second-order valence-electron chi connectivity index (χ2n) is 6.75. The Bertz CT molecular complexity index is 442. The fraction of sp³-hybridized carbons (Fsp3) is 0.706. The molecule has 6 heteroatoms. The third-order valence-corrected chi connectivity index (χ3v) is 4.99. The monoisotopic (exact) mass is 359 g/mol. The minimum absolute atomic E-state index is 0.353. The highest BCUT2D eigenvalue weighted by molar-refractivity contribution is 8.02. The highest BCUT2D eigenvalue weighted by Gasteiger charge is 2.42. The first-order chi connectivity index (χ1) is 10.7. The van der Waals surface area contributed by atoms with Crippen molar-refractivity contribution in [2.24, 2.45) is 0 Å². The van der Waals surface area contributed by atoms with Crippen LogP contribution >= 0.6 is 23.5 Å². The molecule has 4 nitrogen and oxygen atoms in total. The minimum Gasteiger partial charge on any atom is -0.443 e. The van der Waals surface area contributed by atoms with Gasteiger partial charge in [0.1, 0.15) is 11.3 Å². The second kappa shape index (κ2) is 9.04. The van der Waals surface area contributed by atoms with Gasteiger partial charge in [0.05, 0.1) is 12.3 Å². The highest BCUT2D eigenvalue weighted by atomic mass is 32.2. The average Bonchev–Trinajstić information content (AvgIpc) is 2.71. The lowest BCUT2D eigenvalue weighted by Gasteiger charge is -2.32. The van der Waals surface area contributed by atoms with Crippen LogP contribution in [0.1, 0.15) is 41.0 Å². The number of thioether (sulfide) groups is 2. The summed E-state index contributed by atoms with van der Waals surface area (Å²) in [5.41, 5.74) is -0.321. The lowest BCUT2D eigenvalue weighted by molar-refractivity contribution is -0.0567. The van der Waals surface area contributed by atoms with Gasteiger partial charge in [-0.15, -0.1) is 18.3 Å². The number of rotatable bonds is 7. The van der Waals surface area contributed by atoms with E-state index in [4.69, 9.17) is 9.47 Å². The van der Waals surface area contributed by atoms with Crippen LogP contribution in [0.25, 0.3) is 0 Å². The fourth-order valence-corrected chi connectivity index (χ4v) is 3.68. The average molecular weight is 360 g/mol. The van der Waals surface area contributed by atoms with E-state index in [-0.39, 0.29) is 6.09 Å². The maximum Gasteiger partial charge on any atom is 0.416 e. The zero-order valence-electron chi connectivity index (χ0n) is 14.9. The first-order valence-corrected chi connectivity index (χ1v) is 10.0. The molecule has 0 saturated carbocycles. The summed E-state index contributed by atoms with van der Waals surface area (Å²) < 4.78 is 11.2. The molecule has 0 atom stereocenters. The van der Waals surface area contributed by atoms with Gasteiger partial charge >= 0.3 is 6.09 Å². The van der Waals surface area contributed by atoms with Crippen molar-refractivity contribution >= 4 is 29.6 Å². The number of carbonyl (C=O) groups excluding carboxylic acids is 1. The predicted molar refractivity (Wildman–Crippen MR) is 101 cm³/mol. The van der Waals surface area contributed by atoms with Crippen molar-refractivity contribution in [3.05, 3.63) is 23.8 Å². The summed E-state index contributed by atoms with van der Waals surface area (Å²) in [7, 11) is 0. The van der Waals surface area contributed by atoms with Crippen LogP contribution in [0.4, 0.5) is 4.79 Å². The first-order valence-electron chi connectivity index (χ1n) is 7.84. The van der Waals surface area contributed by atoms with Crippen LogP contribution in [-0.2, 0) is 9.47 Å². The van der Waals surface area contributed by atoms with Crippen molar-refractivity contribution < 1.29 is 14.3 Å². The fourth-order valence-electron chi connectivity index (χ4n) is 2.02. The van der Waals surface area contributed by atoms with Crippen LogP contribution in [0.3, 0.4) is 0 Å². The lowest BCUT2D eigenvalue weighted by atomic mass is 10.2. The number of amides is 1. The van der Waals surface area contributed by atoms with Gasteiger partial charge in [0.15, 0.2) is 0 Å². The summed E-state index contributed by atoms with van der Waals surface area (Å²) in [5, 5.41) is 2.02. The predicted octanol–water partition coefficient (Wildman–Crippen LogP) is 4.87. The number of carbonyl (C=O) groups is 1. The zero-order valence-corrected chi connectivity index (χ0v) is 16.5. The minimum atomic E-state index is -0.672. The normalized spacial score (nSPS) is 19.2. The molecule has 0 aromatic rings. The molecule has 0 aliphatic carbocycles. The van der Waals surface area contributed by atoms with Gasteiger partial charge in [-0.2, -0.15) is 11.8 Å². The number of hydrogen-bond donors (Lipinski definition) is 0. The number of nitrogens with zero attached hydrogens (tertiary/aromatic N) is 1. The Morgan fingerprint density at radius 2 is 2.13 bits per heavy atom. The van der Waals surface area contributed by atoms with E-state index in [2.05, 4.69) is 6.58 Å². The molecule has 1 fully saturated rings. The maximum atomic E-state index is 12.5. The smallest absolute Gasteiger partial charge is 0.416 e. The van der Waals surface area contributed by atoms with Crippen LogP contribution in [0.2, 0.25) is 0 Å². The Balaban J connectivity index is 2.57. The third-order valence-electron chi connectivity index (χ3n) is 2.98. The van der Waals surface area contributed by atoms with Crippen LogP contribution in [0.15, 0.2) is 23.8 Å². The molecule has 0 radical (unpaired) electrons. The molecule has 1 aliphatic heterocycles. The van der Waals surface area contributed by atoms with E-state index in [1.54, 1.807) is 16.7 Å². The summed E-state index contributed by atoms with van der Waals surface area (Å²) in [4.78, 5) is 14.1. The summed E-state index contributed by atoms with van der Waals surface area (Å²) >= 11 is 3.60.